The van der Waals surface area contributed by atoms with E-state index in [1.165, 1.54) is 16.2 Å². The maximum Gasteiger partial charge on any atom is 0.233 e. The van der Waals surface area contributed by atoms with Gasteiger partial charge in [-0.15, -0.1) is 11.8 Å². The number of halogens is 1. The summed E-state index contributed by atoms with van der Waals surface area (Å²) in [4.78, 5) is 25.2. The minimum atomic E-state index is -0.0368. The van der Waals surface area contributed by atoms with E-state index in [4.69, 9.17) is 21.3 Å². The number of fused-ring (bicyclic) bond motifs is 1. The molecule has 0 aliphatic rings. The van der Waals surface area contributed by atoms with Crippen molar-refractivity contribution < 1.29 is 9.53 Å². The molecule has 4 rings (SSSR count). The Kier molecular flexibility index (Phi) is 7.53. The second kappa shape index (κ2) is 10.5. The molecule has 5 nitrogen and oxygen atoms in total. The minimum Gasteiger partial charge on any atom is -0.494 e. The van der Waals surface area contributed by atoms with Gasteiger partial charge in [-0.05, 0) is 47.5 Å². The zero-order valence-corrected chi connectivity index (χ0v) is 21.0. The van der Waals surface area contributed by atoms with Gasteiger partial charge in [0.15, 0.2) is 5.13 Å². The Bertz CT molecular complexity index is 1240. The number of amides is 1. The molecule has 0 saturated heterocycles. The quantitative estimate of drug-likeness (QED) is 0.256. The van der Waals surface area contributed by atoms with Gasteiger partial charge in [-0.3, -0.25) is 14.7 Å². The largest absolute Gasteiger partial charge is 0.494 e. The van der Waals surface area contributed by atoms with Crippen molar-refractivity contribution in [1.82, 2.24) is 9.97 Å². The monoisotopic (exact) mass is 497 g/mol. The Hall–Kier alpha value is -2.61. The van der Waals surface area contributed by atoms with Crippen LogP contribution in [0.3, 0.4) is 0 Å². The SMILES string of the molecule is COc1ccc(Cl)c2sc(N(Cc3ccncc3)C(=O)Cc3ccc(SC(C)C)cc3)nc12. The van der Waals surface area contributed by atoms with Crippen LogP contribution in [0.15, 0.2) is 65.8 Å². The van der Waals surface area contributed by atoms with Crippen LogP contribution < -0.4 is 9.64 Å². The lowest BCUT2D eigenvalue weighted by Gasteiger charge is -2.20. The number of hydrogen-bond donors (Lipinski definition) is 0. The van der Waals surface area contributed by atoms with Crippen molar-refractivity contribution in [3.8, 4) is 5.75 Å². The highest BCUT2D eigenvalue weighted by atomic mass is 35.5. The number of thioether (sulfide) groups is 1. The second-order valence-electron chi connectivity index (χ2n) is 7.75. The molecule has 2 aromatic carbocycles. The number of methoxy groups -OCH3 is 1. The minimum absolute atomic E-state index is 0.0368. The average Bonchev–Trinajstić information content (AvgIpc) is 3.25. The molecule has 0 aliphatic carbocycles. The summed E-state index contributed by atoms with van der Waals surface area (Å²) >= 11 is 9.62. The van der Waals surface area contributed by atoms with Crippen LogP contribution >= 0.6 is 34.7 Å². The van der Waals surface area contributed by atoms with Gasteiger partial charge >= 0.3 is 0 Å². The van der Waals surface area contributed by atoms with E-state index in [1.54, 1.807) is 48.3 Å². The van der Waals surface area contributed by atoms with Gasteiger partial charge in [0.1, 0.15) is 11.3 Å². The molecule has 0 saturated carbocycles. The summed E-state index contributed by atoms with van der Waals surface area (Å²) in [6.45, 7) is 4.72. The molecule has 170 valence electrons. The molecule has 0 aliphatic heterocycles. The number of rotatable bonds is 8. The van der Waals surface area contributed by atoms with E-state index in [2.05, 4.69) is 31.0 Å². The van der Waals surface area contributed by atoms with Gasteiger partial charge in [-0.25, -0.2) is 4.98 Å². The number of anilines is 1. The third-order valence-electron chi connectivity index (χ3n) is 4.94. The molecule has 0 fully saturated rings. The van der Waals surface area contributed by atoms with Crippen molar-refractivity contribution in [3.63, 3.8) is 0 Å². The first-order valence-electron chi connectivity index (χ1n) is 10.5. The number of thiazole rings is 1. The van der Waals surface area contributed by atoms with Crippen molar-refractivity contribution in [3.05, 3.63) is 77.1 Å². The Morgan fingerprint density at radius 1 is 1.09 bits per heavy atom. The summed E-state index contributed by atoms with van der Waals surface area (Å²) in [6, 6.07) is 15.6. The van der Waals surface area contributed by atoms with Crippen LogP contribution in [-0.2, 0) is 17.8 Å². The van der Waals surface area contributed by atoms with E-state index >= 15 is 0 Å². The Morgan fingerprint density at radius 3 is 2.48 bits per heavy atom. The molecule has 0 unspecified atom stereocenters. The van der Waals surface area contributed by atoms with Crippen LogP contribution in [0.5, 0.6) is 5.75 Å². The van der Waals surface area contributed by atoms with Crippen molar-refractivity contribution in [2.24, 2.45) is 0 Å². The van der Waals surface area contributed by atoms with E-state index in [-0.39, 0.29) is 12.3 Å². The number of carbonyl (C=O) groups is 1. The maximum absolute atomic E-state index is 13.5. The topological polar surface area (TPSA) is 55.3 Å². The average molecular weight is 498 g/mol. The lowest BCUT2D eigenvalue weighted by molar-refractivity contribution is -0.118. The van der Waals surface area contributed by atoms with Crippen LogP contribution in [0.1, 0.15) is 25.0 Å². The number of pyridine rings is 1. The summed E-state index contributed by atoms with van der Waals surface area (Å²) in [5, 5.41) is 1.69. The smallest absolute Gasteiger partial charge is 0.233 e. The van der Waals surface area contributed by atoms with Crippen LogP contribution in [0.2, 0.25) is 5.02 Å². The molecule has 0 atom stereocenters. The number of carbonyl (C=O) groups excluding carboxylic acids is 1. The van der Waals surface area contributed by atoms with E-state index in [0.717, 1.165) is 15.8 Å². The van der Waals surface area contributed by atoms with Crippen molar-refractivity contribution >= 4 is 56.0 Å². The lowest BCUT2D eigenvalue weighted by Crippen LogP contribution is -2.31. The molecule has 4 aromatic rings. The fourth-order valence-corrected chi connectivity index (χ4v) is 5.49. The van der Waals surface area contributed by atoms with Crippen LogP contribution in [-0.4, -0.2) is 28.2 Å². The summed E-state index contributed by atoms with van der Waals surface area (Å²) in [5.74, 6) is 0.594. The highest BCUT2D eigenvalue weighted by molar-refractivity contribution is 7.99. The Balaban J connectivity index is 1.66. The van der Waals surface area contributed by atoms with Gasteiger partial charge in [0.25, 0.3) is 0 Å². The molecule has 0 N–H and O–H groups in total. The number of benzene rings is 2. The molecule has 33 heavy (non-hydrogen) atoms. The molecule has 2 heterocycles. The lowest BCUT2D eigenvalue weighted by atomic mass is 10.1. The van der Waals surface area contributed by atoms with Crippen LogP contribution in [0, 0.1) is 0 Å². The van der Waals surface area contributed by atoms with Gasteiger partial charge in [-0.2, -0.15) is 0 Å². The predicted molar refractivity (Wildman–Crippen MR) is 138 cm³/mol. The fourth-order valence-electron chi connectivity index (χ4n) is 3.38. The van der Waals surface area contributed by atoms with E-state index in [1.807, 2.05) is 24.3 Å². The number of nitrogens with zero attached hydrogens (tertiary/aromatic N) is 3. The van der Waals surface area contributed by atoms with Crippen LogP contribution in [0.25, 0.3) is 10.2 Å². The first-order valence-corrected chi connectivity index (χ1v) is 12.6. The fraction of sp³-hybridized carbons (Fsp3) is 0.240. The molecule has 2 aromatic heterocycles. The van der Waals surface area contributed by atoms with Gasteiger partial charge < -0.3 is 4.74 Å². The van der Waals surface area contributed by atoms with E-state index < -0.39 is 0 Å². The zero-order valence-electron chi connectivity index (χ0n) is 18.6. The molecular formula is C25H24ClN3O2S2. The first-order chi connectivity index (χ1) is 15.9. The van der Waals surface area contributed by atoms with Crippen molar-refractivity contribution in [1.29, 1.82) is 0 Å². The Morgan fingerprint density at radius 2 is 1.82 bits per heavy atom. The highest BCUT2D eigenvalue weighted by Crippen LogP contribution is 2.39. The van der Waals surface area contributed by atoms with E-state index in [0.29, 0.717) is 33.2 Å². The molecule has 8 heteroatoms. The molecule has 0 radical (unpaired) electrons. The summed E-state index contributed by atoms with van der Waals surface area (Å²) in [5.41, 5.74) is 2.59. The Labute approximate surface area is 206 Å². The summed E-state index contributed by atoms with van der Waals surface area (Å²) in [6.07, 6.45) is 3.72. The number of hydrogen-bond acceptors (Lipinski definition) is 6. The number of ether oxygens (including phenoxy) is 1. The molecular weight excluding hydrogens is 474 g/mol. The van der Waals surface area contributed by atoms with Crippen LogP contribution in [0.4, 0.5) is 5.13 Å². The molecule has 1 amide bonds. The predicted octanol–water partition coefficient (Wildman–Crippen LogP) is 6.63. The van der Waals surface area contributed by atoms with Gasteiger partial charge in [-0.1, -0.05) is 48.9 Å². The van der Waals surface area contributed by atoms with Crippen molar-refractivity contribution in [2.45, 2.75) is 37.0 Å². The zero-order chi connectivity index (χ0) is 23.4. The molecule has 0 bridgehead atoms. The normalized spacial score (nSPS) is 11.2. The van der Waals surface area contributed by atoms with E-state index in [9.17, 15) is 4.79 Å². The van der Waals surface area contributed by atoms with Gasteiger partial charge in [0.2, 0.25) is 5.91 Å². The standard InChI is InChI=1S/C25H24ClN3O2S2/c1-16(2)32-19-6-4-17(5-7-19)14-22(30)29(15-18-10-12-27-13-11-18)25-28-23-21(31-3)9-8-20(26)24(23)33-25/h4-13,16H,14-15H2,1-3H3. The van der Waals surface area contributed by atoms with Crippen molar-refractivity contribution in [2.75, 3.05) is 12.0 Å². The summed E-state index contributed by atoms with van der Waals surface area (Å²) in [7, 11) is 1.60. The third-order valence-corrected chi connectivity index (χ3v) is 7.49. The second-order valence-corrected chi connectivity index (χ2v) is 10.8. The highest BCUT2D eigenvalue weighted by Gasteiger charge is 2.22. The van der Waals surface area contributed by atoms with Gasteiger partial charge in [0.05, 0.1) is 29.8 Å². The maximum atomic E-state index is 13.5. The number of aromatic nitrogens is 2. The molecule has 0 spiro atoms. The summed E-state index contributed by atoms with van der Waals surface area (Å²) < 4.78 is 6.26. The van der Waals surface area contributed by atoms with Gasteiger partial charge in [0, 0.05) is 22.5 Å². The first kappa shape index (κ1) is 23.5. The third kappa shape index (κ3) is 5.66.